The van der Waals surface area contributed by atoms with Crippen molar-refractivity contribution in [3.8, 4) is 6.07 Å². The fourth-order valence-electron chi connectivity index (χ4n) is 5.27. The molecule has 2 saturated heterocycles. The number of ether oxygens (including phenoxy) is 2. The van der Waals surface area contributed by atoms with Gasteiger partial charge in [-0.15, -0.1) is 0 Å². The lowest BCUT2D eigenvalue weighted by Gasteiger charge is -2.36. The van der Waals surface area contributed by atoms with Crippen LogP contribution < -0.4 is 4.90 Å². The summed E-state index contributed by atoms with van der Waals surface area (Å²) in [6.07, 6.45) is -0.331. The number of nitrogens with zero attached hydrogens (tertiary/aromatic N) is 6. The number of piperazine rings is 2. The number of furan rings is 1. The number of pyridine rings is 1. The maximum Gasteiger partial charge on any atom is 0.409 e. The Labute approximate surface area is 239 Å². The van der Waals surface area contributed by atoms with Gasteiger partial charge in [-0.05, 0) is 32.0 Å². The predicted octanol–water partition coefficient (Wildman–Crippen LogP) is 3.26. The number of hydrogen-bond donors (Lipinski definition) is 0. The first kappa shape index (κ1) is 28.4. The second-order valence-electron chi connectivity index (χ2n) is 10.3. The van der Waals surface area contributed by atoms with Crippen molar-refractivity contribution in [2.45, 2.75) is 20.4 Å². The molecule has 1 amide bonds. The molecule has 4 heterocycles. The van der Waals surface area contributed by atoms with Crippen LogP contribution in [0, 0.1) is 18.3 Å². The maximum atomic E-state index is 12.7. The summed E-state index contributed by atoms with van der Waals surface area (Å²) in [6.45, 7) is 11.1. The Morgan fingerprint density at radius 3 is 2.44 bits per heavy atom. The molecule has 0 spiro atoms. The normalized spacial score (nSPS) is 16.5. The maximum absolute atomic E-state index is 12.7. The van der Waals surface area contributed by atoms with Crippen molar-refractivity contribution in [2.75, 3.05) is 77.0 Å². The van der Waals surface area contributed by atoms with Gasteiger partial charge in [-0.3, -0.25) is 9.80 Å². The van der Waals surface area contributed by atoms with E-state index in [1.54, 1.807) is 18.7 Å². The van der Waals surface area contributed by atoms with E-state index in [4.69, 9.17) is 13.9 Å². The van der Waals surface area contributed by atoms with E-state index in [0.29, 0.717) is 56.4 Å². The molecule has 2 aliphatic rings. The minimum atomic E-state index is -0.510. The average Bonchev–Trinajstić information content (AvgIpc) is 3.40. The molecule has 1 aromatic carbocycles. The Kier molecular flexibility index (Phi) is 9.01. The van der Waals surface area contributed by atoms with Gasteiger partial charge >= 0.3 is 12.1 Å². The summed E-state index contributed by atoms with van der Waals surface area (Å²) in [5.74, 6) is 0.951. The van der Waals surface area contributed by atoms with Crippen LogP contribution >= 0.6 is 0 Å². The second kappa shape index (κ2) is 13.0. The molecule has 2 aromatic heterocycles. The molecule has 0 unspecified atom stereocenters. The average molecular weight is 561 g/mol. The van der Waals surface area contributed by atoms with E-state index >= 15 is 0 Å². The van der Waals surface area contributed by atoms with Gasteiger partial charge in [-0.25, -0.2) is 14.6 Å². The van der Waals surface area contributed by atoms with Crippen LogP contribution in [0.4, 0.5) is 10.6 Å². The summed E-state index contributed by atoms with van der Waals surface area (Å²) in [7, 11) is 0. The highest BCUT2D eigenvalue weighted by Crippen LogP contribution is 2.24. The van der Waals surface area contributed by atoms with Crippen LogP contribution in [-0.2, 0) is 16.0 Å². The highest BCUT2D eigenvalue weighted by molar-refractivity contribution is 5.95. The fourth-order valence-corrected chi connectivity index (χ4v) is 5.27. The predicted molar refractivity (Wildman–Crippen MR) is 153 cm³/mol. The number of anilines is 1. The molecule has 11 nitrogen and oxygen atoms in total. The Morgan fingerprint density at radius 1 is 1.00 bits per heavy atom. The molecule has 3 aromatic rings. The van der Waals surface area contributed by atoms with E-state index in [-0.39, 0.29) is 18.3 Å². The van der Waals surface area contributed by atoms with Gasteiger partial charge in [0, 0.05) is 64.3 Å². The molecule has 41 heavy (non-hydrogen) atoms. The number of para-hydroxylation sites is 1. The van der Waals surface area contributed by atoms with E-state index in [1.807, 2.05) is 23.1 Å². The van der Waals surface area contributed by atoms with Crippen LogP contribution in [0.25, 0.3) is 11.0 Å². The number of fused-ring (bicyclic) bond motifs is 1. The van der Waals surface area contributed by atoms with Crippen molar-refractivity contribution in [2.24, 2.45) is 0 Å². The third kappa shape index (κ3) is 6.78. The Hall–Kier alpha value is -4.14. The zero-order valence-electron chi connectivity index (χ0n) is 23.7. The van der Waals surface area contributed by atoms with Gasteiger partial charge < -0.3 is 23.7 Å². The molecule has 0 bridgehead atoms. The molecule has 0 saturated carbocycles. The Balaban J connectivity index is 1.05. The lowest BCUT2D eigenvalue weighted by molar-refractivity contribution is 0.0525. The molecule has 0 atom stereocenters. The third-order valence-electron chi connectivity index (χ3n) is 7.60. The smallest absolute Gasteiger partial charge is 0.409 e. The van der Waals surface area contributed by atoms with E-state index in [9.17, 15) is 14.9 Å². The summed E-state index contributed by atoms with van der Waals surface area (Å²) in [6, 6.07) is 13.8. The Morgan fingerprint density at radius 2 is 1.73 bits per heavy atom. The molecule has 5 rings (SSSR count). The van der Waals surface area contributed by atoms with E-state index in [1.165, 1.54) is 6.07 Å². The minimum Gasteiger partial charge on any atom is -0.462 e. The van der Waals surface area contributed by atoms with Gasteiger partial charge in [0.25, 0.3) is 0 Å². The van der Waals surface area contributed by atoms with Crippen molar-refractivity contribution in [1.29, 1.82) is 5.26 Å². The SMILES string of the molecule is CCOC(=O)c1cc(C#N)c(C)nc1N1CCN(C(=O)OCCN2CCN(Cc3cc4ccccc4o3)CC2)CC1. The van der Waals surface area contributed by atoms with Crippen molar-refractivity contribution in [3.63, 3.8) is 0 Å². The first-order valence-corrected chi connectivity index (χ1v) is 14.1. The number of nitriles is 1. The quantitative estimate of drug-likeness (QED) is 0.380. The number of aromatic nitrogens is 1. The first-order chi connectivity index (χ1) is 19.9. The number of amides is 1. The molecular weight excluding hydrogens is 524 g/mol. The van der Waals surface area contributed by atoms with Crippen molar-refractivity contribution in [3.05, 3.63) is 59.0 Å². The van der Waals surface area contributed by atoms with Crippen LogP contribution in [0.3, 0.4) is 0 Å². The molecule has 0 radical (unpaired) electrons. The van der Waals surface area contributed by atoms with E-state index in [0.717, 1.165) is 49.5 Å². The number of esters is 1. The number of rotatable bonds is 8. The minimum absolute atomic E-state index is 0.228. The molecule has 0 aliphatic carbocycles. The molecule has 216 valence electrons. The molecule has 11 heteroatoms. The number of benzene rings is 1. The van der Waals surface area contributed by atoms with Gasteiger partial charge in [-0.1, -0.05) is 18.2 Å². The standard InChI is InChI=1S/C30H36N6O5/c1-3-39-29(37)26-19-24(20-31)22(2)32-28(26)35-12-14-36(15-13-35)30(38)40-17-16-33-8-10-34(11-9-33)21-25-18-23-6-4-5-7-27(23)41-25/h4-7,18-19H,3,8-17,21H2,1-2H3. The zero-order chi connectivity index (χ0) is 28.8. The number of carbonyl (C=O) groups is 2. The lowest BCUT2D eigenvalue weighted by Crippen LogP contribution is -2.50. The summed E-state index contributed by atoms with van der Waals surface area (Å²) in [4.78, 5) is 38.2. The zero-order valence-corrected chi connectivity index (χ0v) is 23.7. The molecule has 0 N–H and O–H groups in total. The monoisotopic (exact) mass is 560 g/mol. The topological polar surface area (TPSA) is 115 Å². The van der Waals surface area contributed by atoms with Crippen LogP contribution in [-0.4, -0.2) is 104 Å². The first-order valence-electron chi connectivity index (χ1n) is 14.1. The number of hydrogen-bond acceptors (Lipinski definition) is 10. The molecule has 2 aliphatic heterocycles. The van der Waals surface area contributed by atoms with Crippen molar-refractivity contribution < 1.29 is 23.5 Å². The lowest BCUT2D eigenvalue weighted by atomic mass is 10.1. The summed E-state index contributed by atoms with van der Waals surface area (Å²) in [5, 5.41) is 10.5. The summed E-state index contributed by atoms with van der Waals surface area (Å²) in [5.41, 5.74) is 2.08. The fraction of sp³-hybridized carbons (Fsp3) is 0.467. The summed E-state index contributed by atoms with van der Waals surface area (Å²) >= 11 is 0. The van der Waals surface area contributed by atoms with E-state index in [2.05, 4.69) is 33.0 Å². The van der Waals surface area contributed by atoms with Crippen LogP contribution in [0.5, 0.6) is 0 Å². The van der Waals surface area contributed by atoms with Gasteiger partial charge in [0.1, 0.15) is 35.4 Å². The molecular formula is C30H36N6O5. The van der Waals surface area contributed by atoms with Gasteiger partial charge in [0.2, 0.25) is 0 Å². The highest BCUT2D eigenvalue weighted by atomic mass is 16.6. The van der Waals surface area contributed by atoms with E-state index < -0.39 is 5.97 Å². The van der Waals surface area contributed by atoms with Crippen LogP contribution in [0.1, 0.15) is 34.3 Å². The summed E-state index contributed by atoms with van der Waals surface area (Å²) < 4.78 is 16.7. The molecule has 2 fully saturated rings. The van der Waals surface area contributed by atoms with Crippen molar-refractivity contribution >= 4 is 28.8 Å². The second-order valence-corrected chi connectivity index (χ2v) is 10.3. The van der Waals surface area contributed by atoms with Gasteiger partial charge in [0.15, 0.2) is 0 Å². The van der Waals surface area contributed by atoms with Crippen LogP contribution in [0.15, 0.2) is 40.8 Å². The van der Waals surface area contributed by atoms with Gasteiger partial charge in [0.05, 0.1) is 24.4 Å². The number of carbonyl (C=O) groups excluding carboxylic acids is 2. The van der Waals surface area contributed by atoms with Crippen LogP contribution in [0.2, 0.25) is 0 Å². The third-order valence-corrected chi connectivity index (χ3v) is 7.60. The van der Waals surface area contributed by atoms with Gasteiger partial charge in [-0.2, -0.15) is 5.26 Å². The Bertz CT molecular complexity index is 1380. The van der Waals surface area contributed by atoms with Crippen molar-refractivity contribution in [1.82, 2.24) is 19.7 Å². The largest absolute Gasteiger partial charge is 0.462 e. The number of aryl methyl sites for hydroxylation is 1. The highest BCUT2D eigenvalue weighted by Gasteiger charge is 2.28.